The number of hydrogen-bond acceptors (Lipinski definition) is 1. The Bertz CT molecular complexity index is 189. The van der Waals surface area contributed by atoms with Crippen LogP contribution in [0.2, 0.25) is 0 Å². The molecule has 0 spiro atoms. The second kappa shape index (κ2) is 3.87. The normalized spacial score (nSPS) is 25.1. The second-order valence-corrected chi connectivity index (χ2v) is 4.03. The van der Waals surface area contributed by atoms with E-state index in [-0.39, 0.29) is 0 Å². The lowest BCUT2D eigenvalue weighted by Crippen LogP contribution is -2.46. The predicted octanol–water partition coefficient (Wildman–Crippen LogP) is 1.20. The van der Waals surface area contributed by atoms with Gasteiger partial charge in [0.1, 0.15) is 12.6 Å². The van der Waals surface area contributed by atoms with Crippen molar-refractivity contribution in [3.63, 3.8) is 0 Å². The van der Waals surface area contributed by atoms with Crippen LogP contribution < -0.4 is 0 Å². The van der Waals surface area contributed by atoms with E-state index in [1.165, 1.54) is 0 Å². The molecular weight excluding hydrogens is 150 g/mol. The number of allylic oxidation sites excluding steroid dienone is 2. The maximum absolute atomic E-state index is 5.46. The Morgan fingerprint density at radius 2 is 2.00 bits per heavy atom. The first-order valence-electron chi connectivity index (χ1n) is 4.33. The second-order valence-electron chi connectivity index (χ2n) is 4.03. The Labute approximate surface area is 74.7 Å². The lowest BCUT2D eigenvalue weighted by Gasteiger charge is -2.32. The van der Waals surface area contributed by atoms with Gasteiger partial charge in [-0.2, -0.15) is 0 Å². The minimum absolute atomic E-state index is 0.468. The molecule has 0 aromatic carbocycles. The molecule has 0 saturated heterocycles. The van der Waals surface area contributed by atoms with Crippen LogP contribution >= 0.6 is 0 Å². The van der Waals surface area contributed by atoms with E-state index in [0.29, 0.717) is 6.04 Å². The minimum Gasteiger partial charge on any atom is -0.371 e. The molecule has 2 nitrogen and oxygen atoms in total. The molecule has 0 radical (unpaired) electrons. The summed E-state index contributed by atoms with van der Waals surface area (Å²) in [5.74, 6) is 0. The van der Waals surface area contributed by atoms with Gasteiger partial charge in [-0.1, -0.05) is 18.2 Å². The highest BCUT2D eigenvalue weighted by Gasteiger charge is 2.20. The monoisotopic (exact) mass is 168 g/mol. The number of quaternary nitrogens is 1. The summed E-state index contributed by atoms with van der Waals surface area (Å²) in [7, 11) is 6.55. The van der Waals surface area contributed by atoms with Crippen LogP contribution in [0.15, 0.2) is 24.3 Å². The van der Waals surface area contributed by atoms with E-state index in [1.54, 1.807) is 0 Å². The molecule has 0 aromatic rings. The highest BCUT2D eigenvalue weighted by atomic mass is 16.5. The van der Waals surface area contributed by atoms with Gasteiger partial charge in [0.2, 0.25) is 0 Å². The third-order valence-electron chi connectivity index (χ3n) is 2.08. The molecule has 0 saturated carbocycles. The highest BCUT2D eigenvalue weighted by molar-refractivity contribution is 5.06. The Hall–Kier alpha value is -0.600. The van der Waals surface area contributed by atoms with Crippen LogP contribution in [0, 0.1) is 0 Å². The van der Waals surface area contributed by atoms with Crippen molar-refractivity contribution in [2.24, 2.45) is 0 Å². The molecule has 0 N–H and O–H groups in total. The first-order chi connectivity index (χ1) is 5.61. The van der Waals surface area contributed by atoms with E-state index < -0.39 is 0 Å². The SMILES string of the molecule is C[N+](C)(C)[C@H]1C=CC=CCOC1. The fraction of sp³-hybridized carbons (Fsp3) is 0.600. The highest BCUT2D eigenvalue weighted by Crippen LogP contribution is 2.07. The maximum Gasteiger partial charge on any atom is 0.131 e. The van der Waals surface area contributed by atoms with Crippen LogP contribution in [-0.2, 0) is 4.74 Å². The standard InChI is InChI=1S/C10H18NO/c1-11(2,3)10-7-5-4-6-8-12-9-10/h4-7,10H,8-9H2,1-3H3/q+1/t10-/m0/s1. The Morgan fingerprint density at radius 1 is 1.25 bits per heavy atom. The summed E-state index contributed by atoms with van der Waals surface area (Å²) in [6, 6.07) is 0.468. The molecule has 0 amide bonds. The summed E-state index contributed by atoms with van der Waals surface area (Å²) in [5.41, 5.74) is 0. The van der Waals surface area contributed by atoms with E-state index in [0.717, 1.165) is 17.7 Å². The third-order valence-corrected chi connectivity index (χ3v) is 2.08. The van der Waals surface area contributed by atoms with Gasteiger partial charge in [0.15, 0.2) is 0 Å². The van der Waals surface area contributed by atoms with Gasteiger partial charge >= 0.3 is 0 Å². The molecule has 0 fully saturated rings. The zero-order valence-electron chi connectivity index (χ0n) is 8.16. The molecule has 0 aliphatic carbocycles. The van der Waals surface area contributed by atoms with Crippen molar-refractivity contribution in [1.82, 2.24) is 0 Å². The predicted molar refractivity (Wildman–Crippen MR) is 50.9 cm³/mol. The van der Waals surface area contributed by atoms with Gasteiger partial charge in [-0.25, -0.2) is 0 Å². The van der Waals surface area contributed by atoms with Gasteiger partial charge < -0.3 is 9.22 Å². The third kappa shape index (κ3) is 2.80. The topological polar surface area (TPSA) is 9.23 Å². The van der Waals surface area contributed by atoms with E-state index >= 15 is 0 Å². The minimum atomic E-state index is 0.468. The smallest absolute Gasteiger partial charge is 0.131 e. The van der Waals surface area contributed by atoms with Crippen LogP contribution in [0.1, 0.15) is 0 Å². The molecule has 0 bridgehead atoms. The van der Waals surface area contributed by atoms with Crippen LogP contribution in [-0.4, -0.2) is 44.9 Å². The summed E-state index contributed by atoms with van der Waals surface area (Å²) in [5, 5.41) is 0. The number of rotatable bonds is 1. The Balaban J connectivity index is 2.63. The van der Waals surface area contributed by atoms with E-state index in [9.17, 15) is 0 Å². The first kappa shape index (κ1) is 9.49. The van der Waals surface area contributed by atoms with Gasteiger partial charge in [0.25, 0.3) is 0 Å². The van der Waals surface area contributed by atoms with Gasteiger partial charge in [0.05, 0.1) is 27.7 Å². The summed E-state index contributed by atoms with van der Waals surface area (Å²) in [6.07, 6.45) is 8.39. The number of ether oxygens (including phenoxy) is 1. The van der Waals surface area contributed by atoms with Gasteiger partial charge in [0, 0.05) is 0 Å². The molecule has 0 unspecified atom stereocenters. The fourth-order valence-corrected chi connectivity index (χ4v) is 1.12. The fourth-order valence-electron chi connectivity index (χ4n) is 1.12. The molecule has 2 heteroatoms. The van der Waals surface area contributed by atoms with Crippen LogP contribution in [0.3, 0.4) is 0 Å². The average Bonchev–Trinajstić information content (AvgIpc) is 1.81. The Kier molecular flexibility index (Phi) is 3.06. The summed E-state index contributed by atoms with van der Waals surface area (Å²) in [6.45, 7) is 1.55. The molecule has 1 aliphatic rings. The van der Waals surface area contributed by atoms with Crippen molar-refractivity contribution in [2.45, 2.75) is 6.04 Å². The van der Waals surface area contributed by atoms with E-state index in [1.807, 2.05) is 12.2 Å². The largest absolute Gasteiger partial charge is 0.371 e. The quantitative estimate of drug-likeness (QED) is 0.535. The molecular formula is C10H18NO+. The Morgan fingerprint density at radius 3 is 2.67 bits per heavy atom. The van der Waals surface area contributed by atoms with Crippen molar-refractivity contribution >= 4 is 0 Å². The van der Waals surface area contributed by atoms with Crippen LogP contribution in [0.5, 0.6) is 0 Å². The number of nitrogens with zero attached hydrogens (tertiary/aromatic N) is 1. The van der Waals surface area contributed by atoms with Gasteiger partial charge in [-0.3, -0.25) is 0 Å². The molecule has 0 aromatic heterocycles. The lowest BCUT2D eigenvalue weighted by molar-refractivity contribution is -0.889. The van der Waals surface area contributed by atoms with Crippen molar-refractivity contribution in [3.05, 3.63) is 24.3 Å². The van der Waals surface area contributed by atoms with E-state index in [4.69, 9.17) is 4.74 Å². The lowest BCUT2D eigenvalue weighted by atomic mass is 10.2. The summed E-state index contributed by atoms with van der Waals surface area (Å²) in [4.78, 5) is 0. The molecule has 1 aliphatic heterocycles. The van der Waals surface area contributed by atoms with Crippen molar-refractivity contribution in [1.29, 1.82) is 0 Å². The van der Waals surface area contributed by atoms with E-state index in [2.05, 4.69) is 33.3 Å². The van der Waals surface area contributed by atoms with Crippen LogP contribution in [0.25, 0.3) is 0 Å². The van der Waals surface area contributed by atoms with Gasteiger partial charge in [-0.05, 0) is 6.08 Å². The zero-order valence-corrected chi connectivity index (χ0v) is 8.16. The molecule has 68 valence electrons. The number of likely N-dealkylation sites (N-methyl/N-ethyl adjacent to an activating group) is 1. The van der Waals surface area contributed by atoms with Crippen LogP contribution in [0.4, 0.5) is 0 Å². The average molecular weight is 168 g/mol. The summed E-state index contributed by atoms with van der Waals surface area (Å²) >= 11 is 0. The molecule has 12 heavy (non-hydrogen) atoms. The maximum atomic E-state index is 5.46. The van der Waals surface area contributed by atoms with Crippen molar-refractivity contribution < 1.29 is 9.22 Å². The van der Waals surface area contributed by atoms with Crippen molar-refractivity contribution in [3.8, 4) is 0 Å². The molecule has 1 rings (SSSR count). The molecule has 1 atom stereocenters. The van der Waals surface area contributed by atoms with Crippen molar-refractivity contribution in [2.75, 3.05) is 34.4 Å². The molecule has 1 heterocycles. The first-order valence-corrected chi connectivity index (χ1v) is 4.33. The summed E-state index contributed by atoms with van der Waals surface area (Å²) < 4.78 is 6.38. The number of hydrogen-bond donors (Lipinski definition) is 0. The van der Waals surface area contributed by atoms with Gasteiger partial charge in [-0.15, -0.1) is 0 Å². The zero-order chi connectivity index (χ0) is 9.03.